The van der Waals surface area contributed by atoms with Crippen LogP contribution in [0.2, 0.25) is 0 Å². The summed E-state index contributed by atoms with van der Waals surface area (Å²) in [5.41, 5.74) is 7.04. The molecule has 3 nitrogen and oxygen atoms in total. The second kappa shape index (κ2) is 13.5. The van der Waals surface area contributed by atoms with Crippen molar-refractivity contribution in [3.8, 4) is 11.1 Å². The first-order chi connectivity index (χ1) is 15.4. The number of ether oxygens (including phenoxy) is 3. The molecule has 0 aliphatic rings. The monoisotopic (exact) mass is 442 g/mol. The average molecular weight is 443 g/mol. The van der Waals surface area contributed by atoms with Crippen molar-refractivity contribution in [2.24, 2.45) is 0 Å². The Hall–Kier alpha value is -2.01. The fourth-order valence-electron chi connectivity index (χ4n) is 3.83. The molecule has 0 radical (unpaired) electrons. The molecule has 176 valence electrons. The molecule has 0 unspecified atom stereocenters. The average Bonchev–Trinajstić information content (AvgIpc) is 2.76. The highest BCUT2D eigenvalue weighted by atomic mass is 19.1. The van der Waals surface area contributed by atoms with E-state index in [1.54, 1.807) is 7.11 Å². The van der Waals surface area contributed by atoms with E-state index in [0.29, 0.717) is 31.7 Å². The zero-order valence-corrected chi connectivity index (χ0v) is 20.5. The van der Waals surface area contributed by atoms with Crippen molar-refractivity contribution in [1.82, 2.24) is 0 Å². The minimum absolute atomic E-state index is 0.205. The number of allylic oxidation sites excluding steroid dienone is 1. The van der Waals surface area contributed by atoms with Crippen molar-refractivity contribution in [3.63, 3.8) is 0 Å². The van der Waals surface area contributed by atoms with E-state index in [2.05, 4.69) is 52.8 Å². The van der Waals surface area contributed by atoms with Crippen molar-refractivity contribution in [3.05, 3.63) is 64.5 Å². The maximum atomic E-state index is 13.8. The van der Waals surface area contributed by atoms with Gasteiger partial charge in [-0.1, -0.05) is 71.4 Å². The van der Waals surface area contributed by atoms with Gasteiger partial charge < -0.3 is 14.2 Å². The Kier molecular flexibility index (Phi) is 11.1. The van der Waals surface area contributed by atoms with Gasteiger partial charge in [0.25, 0.3) is 0 Å². The van der Waals surface area contributed by atoms with Crippen LogP contribution in [0.4, 0.5) is 4.39 Å². The number of hydrogen-bond acceptors (Lipinski definition) is 3. The van der Waals surface area contributed by atoms with Crippen molar-refractivity contribution in [2.45, 2.75) is 65.9 Å². The van der Waals surface area contributed by atoms with Crippen LogP contribution >= 0.6 is 0 Å². The number of benzene rings is 2. The Bertz CT molecular complexity index is 854. The molecule has 0 N–H and O–H groups in total. The van der Waals surface area contributed by atoms with Crippen LogP contribution in [0.25, 0.3) is 17.2 Å². The van der Waals surface area contributed by atoms with Crippen molar-refractivity contribution in [1.29, 1.82) is 0 Å². The predicted octanol–water partition coefficient (Wildman–Crippen LogP) is 7.69. The van der Waals surface area contributed by atoms with Gasteiger partial charge >= 0.3 is 0 Å². The van der Waals surface area contributed by atoms with Gasteiger partial charge in [0.15, 0.2) is 0 Å². The molecule has 0 saturated carbocycles. The van der Waals surface area contributed by atoms with Gasteiger partial charge in [0.2, 0.25) is 0 Å². The van der Waals surface area contributed by atoms with Crippen molar-refractivity contribution < 1.29 is 18.6 Å². The molecule has 0 heterocycles. The Balaban J connectivity index is 2.63. The standard InChI is InChI=1S/C28H39FO3/c1-7-8-9-10-24-25(20(2)3)17-26(21(4)5)27(18-32-19-31-16-15-30-6)28(24)22-11-13-23(29)14-12-22/h9-14,17,20-21H,7-8,15-16,18-19H2,1-6H3. The van der Waals surface area contributed by atoms with E-state index in [9.17, 15) is 4.39 Å². The third-order valence-corrected chi connectivity index (χ3v) is 5.50. The van der Waals surface area contributed by atoms with Crippen molar-refractivity contribution in [2.75, 3.05) is 27.1 Å². The minimum Gasteiger partial charge on any atom is -0.382 e. The first-order valence-corrected chi connectivity index (χ1v) is 11.7. The van der Waals surface area contributed by atoms with E-state index in [0.717, 1.165) is 29.5 Å². The minimum atomic E-state index is -0.231. The summed E-state index contributed by atoms with van der Waals surface area (Å²) in [6.07, 6.45) is 6.59. The maximum Gasteiger partial charge on any atom is 0.147 e. The molecule has 2 aromatic rings. The second-order valence-electron chi connectivity index (χ2n) is 8.70. The fourth-order valence-corrected chi connectivity index (χ4v) is 3.83. The molecular weight excluding hydrogens is 403 g/mol. The number of unbranched alkanes of at least 4 members (excludes halogenated alkanes) is 1. The lowest BCUT2D eigenvalue weighted by molar-refractivity contribution is -0.0725. The van der Waals surface area contributed by atoms with E-state index < -0.39 is 0 Å². The summed E-state index contributed by atoms with van der Waals surface area (Å²) in [6.45, 7) is 12.7. The zero-order chi connectivity index (χ0) is 23.5. The molecular formula is C28H39FO3. The summed E-state index contributed by atoms with van der Waals surface area (Å²) in [6, 6.07) is 9.14. The van der Waals surface area contributed by atoms with E-state index in [-0.39, 0.29) is 12.6 Å². The second-order valence-corrected chi connectivity index (χ2v) is 8.70. The topological polar surface area (TPSA) is 27.7 Å². The van der Waals surface area contributed by atoms with Crippen LogP contribution in [0.15, 0.2) is 36.4 Å². The number of hydrogen-bond donors (Lipinski definition) is 0. The summed E-state index contributed by atoms with van der Waals surface area (Å²) in [5.74, 6) is 0.457. The molecule has 0 aliphatic heterocycles. The van der Waals surface area contributed by atoms with E-state index >= 15 is 0 Å². The third kappa shape index (κ3) is 7.26. The number of halogens is 1. The van der Waals surface area contributed by atoms with Gasteiger partial charge in [-0.3, -0.25) is 0 Å². The molecule has 0 fully saturated rings. The van der Waals surface area contributed by atoms with Crippen LogP contribution in [0, 0.1) is 5.82 Å². The number of methoxy groups -OCH3 is 1. The summed E-state index contributed by atoms with van der Waals surface area (Å²) in [5, 5.41) is 0. The Morgan fingerprint density at radius 3 is 2.22 bits per heavy atom. The van der Waals surface area contributed by atoms with E-state index in [4.69, 9.17) is 14.2 Å². The first-order valence-electron chi connectivity index (χ1n) is 11.7. The molecule has 32 heavy (non-hydrogen) atoms. The molecule has 0 spiro atoms. The quantitative estimate of drug-likeness (QED) is 0.235. The van der Waals surface area contributed by atoms with Gasteiger partial charge in [-0.15, -0.1) is 0 Å². The van der Waals surface area contributed by atoms with Gasteiger partial charge in [0, 0.05) is 7.11 Å². The highest BCUT2D eigenvalue weighted by molar-refractivity contribution is 5.81. The van der Waals surface area contributed by atoms with Gasteiger partial charge in [-0.25, -0.2) is 4.39 Å². The Morgan fingerprint density at radius 1 is 0.938 bits per heavy atom. The van der Waals surface area contributed by atoms with Gasteiger partial charge in [-0.05, 0) is 63.8 Å². The smallest absolute Gasteiger partial charge is 0.147 e. The molecule has 4 heteroatoms. The first kappa shape index (κ1) is 26.2. The maximum absolute atomic E-state index is 13.8. The summed E-state index contributed by atoms with van der Waals surface area (Å²) in [7, 11) is 1.65. The van der Waals surface area contributed by atoms with Gasteiger partial charge in [-0.2, -0.15) is 0 Å². The summed E-state index contributed by atoms with van der Waals surface area (Å²) >= 11 is 0. The summed E-state index contributed by atoms with van der Waals surface area (Å²) in [4.78, 5) is 0. The molecule has 0 atom stereocenters. The molecule has 0 aromatic heterocycles. The third-order valence-electron chi connectivity index (χ3n) is 5.50. The molecule has 0 saturated heterocycles. The molecule has 0 aliphatic carbocycles. The zero-order valence-electron chi connectivity index (χ0n) is 20.5. The van der Waals surface area contributed by atoms with Crippen LogP contribution in [-0.2, 0) is 20.8 Å². The fraction of sp³-hybridized carbons (Fsp3) is 0.500. The number of rotatable bonds is 13. The molecule has 2 aromatic carbocycles. The van der Waals surface area contributed by atoms with Crippen LogP contribution < -0.4 is 0 Å². The lowest BCUT2D eigenvalue weighted by atomic mass is 9.81. The highest BCUT2D eigenvalue weighted by Gasteiger charge is 2.21. The molecule has 2 rings (SSSR count). The lowest BCUT2D eigenvalue weighted by Gasteiger charge is -2.25. The largest absolute Gasteiger partial charge is 0.382 e. The normalized spacial score (nSPS) is 11.9. The van der Waals surface area contributed by atoms with Crippen LogP contribution in [0.3, 0.4) is 0 Å². The predicted molar refractivity (Wildman–Crippen MR) is 131 cm³/mol. The van der Waals surface area contributed by atoms with Crippen LogP contribution in [-0.4, -0.2) is 27.1 Å². The SMILES string of the molecule is CCCC=Cc1c(C(C)C)cc(C(C)C)c(COCOCCOC)c1-c1ccc(F)cc1. The molecule has 0 amide bonds. The van der Waals surface area contributed by atoms with Crippen LogP contribution in [0.1, 0.15) is 81.5 Å². The molecule has 0 bridgehead atoms. The van der Waals surface area contributed by atoms with Crippen LogP contribution in [0.5, 0.6) is 0 Å². The Morgan fingerprint density at radius 2 is 1.62 bits per heavy atom. The Labute approximate surface area is 193 Å². The van der Waals surface area contributed by atoms with Gasteiger partial charge in [0.05, 0.1) is 19.8 Å². The van der Waals surface area contributed by atoms with Crippen molar-refractivity contribution >= 4 is 6.08 Å². The van der Waals surface area contributed by atoms with E-state index in [1.165, 1.54) is 28.8 Å². The van der Waals surface area contributed by atoms with E-state index in [1.807, 2.05) is 12.1 Å². The highest BCUT2D eigenvalue weighted by Crippen LogP contribution is 2.39. The summed E-state index contributed by atoms with van der Waals surface area (Å²) < 4.78 is 30.2. The van der Waals surface area contributed by atoms with Gasteiger partial charge in [0.1, 0.15) is 12.6 Å². The lowest BCUT2D eigenvalue weighted by Crippen LogP contribution is -2.10.